The normalized spacial score (nSPS) is 15.2. The maximum atomic E-state index is 12.8. The largest absolute Gasteiger partial charge is 0.335 e. The van der Waals surface area contributed by atoms with Crippen molar-refractivity contribution in [1.82, 2.24) is 14.8 Å². The topological polar surface area (TPSA) is 36.4 Å². The van der Waals surface area contributed by atoms with Gasteiger partial charge in [0.25, 0.3) is 5.91 Å². The maximum Gasteiger partial charge on any atom is 0.273 e. The summed E-state index contributed by atoms with van der Waals surface area (Å²) in [5, 5.41) is 0. The van der Waals surface area contributed by atoms with Crippen molar-refractivity contribution in [3.63, 3.8) is 0 Å². The van der Waals surface area contributed by atoms with Gasteiger partial charge in [-0.2, -0.15) is 0 Å². The zero-order chi connectivity index (χ0) is 19.5. The van der Waals surface area contributed by atoms with Crippen molar-refractivity contribution < 1.29 is 4.79 Å². The molecule has 2 aromatic carbocycles. The van der Waals surface area contributed by atoms with Crippen LogP contribution >= 0.6 is 22.9 Å². The van der Waals surface area contributed by atoms with Crippen LogP contribution in [0.3, 0.4) is 0 Å². The molecule has 0 unspecified atom stereocenters. The molecule has 1 amide bonds. The molecule has 6 heteroatoms. The number of aryl methyl sites for hydroxylation is 1. The van der Waals surface area contributed by atoms with E-state index >= 15 is 0 Å². The van der Waals surface area contributed by atoms with Crippen LogP contribution in [0.5, 0.6) is 0 Å². The van der Waals surface area contributed by atoms with Crippen LogP contribution in [-0.2, 0) is 0 Å². The van der Waals surface area contributed by atoms with E-state index in [2.05, 4.69) is 58.4 Å². The van der Waals surface area contributed by atoms with Gasteiger partial charge in [-0.3, -0.25) is 9.69 Å². The lowest BCUT2D eigenvalue weighted by atomic mass is 9.96. The summed E-state index contributed by atoms with van der Waals surface area (Å²) in [5.74, 6) is -0.0173. The van der Waals surface area contributed by atoms with E-state index in [1.165, 1.54) is 22.5 Å². The van der Waals surface area contributed by atoms with Crippen molar-refractivity contribution in [1.29, 1.82) is 0 Å². The van der Waals surface area contributed by atoms with E-state index in [1.807, 2.05) is 24.0 Å². The lowest BCUT2D eigenvalue weighted by Gasteiger charge is -2.39. The Balaban J connectivity index is 1.52. The summed E-state index contributed by atoms with van der Waals surface area (Å²) < 4.78 is 0.424. The van der Waals surface area contributed by atoms with E-state index in [4.69, 9.17) is 11.6 Å². The highest BCUT2D eigenvalue weighted by Gasteiger charge is 2.29. The second kappa shape index (κ2) is 8.43. The number of amides is 1. The molecule has 28 heavy (non-hydrogen) atoms. The molecule has 4 rings (SSSR count). The Bertz CT molecular complexity index is 897. The highest BCUT2D eigenvalue weighted by molar-refractivity contribution is 7.15. The molecule has 1 fully saturated rings. The summed E-state index contributed by atoms with van der Waals surface area (Å²) in [6.45, 7) is 4.90. The molecule has 0 bridgehead atoms. The predicted molar refractivity (Wildman–Crippen MR) is 114 cm³/mol. The Morgan fingerprint density at radius 1 is 0.964 bits per heavy atom. The molecule has 2 heterocycles. The van der Waals surface area contributed by atoms with E-state index in [9.17, 15) is 4.79 Å². The van der Waals surface area contributed by atoms with Crippen molar-refractivity contribution in [2.45, 2.75) is 13.0 Å². The Labute approximate surface area is 174 Å². The quantitative estimate of drug-likeness (QED) is 0.626. The first-order valence-electron chi connectivity index (χ1n) is 9.39. The van der Waals surface area contributed by atoms with Crippen LogP contribution in [-0.4, -0.2) is 46.9 Å². The summed E-state index contributed by atoms with van der Waals surface area (Å²) in [6, 6.07) is 21.3. The fourth-order valence-electron chi connectivity index (χ4n) is 3.78. The van der Waals surface area contributed by atoms with Crippen LogP contribution in [0.15, 0.2) is 60.7 Å². The minimum atomic E-state index is -0.0173. The van der Waals surface area contributed by atoms with Crippen LogP contribution in [0, 0.1) is 6.92 Å². The average molecular weight is 412 g/mol. The number of piperazine rings is 1. The van der Waals surface area contributed by atoms with Crippen LogP contribution in [0.25, 0.3) is 0 Å². The van der Waals surface area contributed by atoms with Gasteiger partial charge >= 0.3 is 0 Å². The predicted octanol–water partition coefficient (Wildman–Crippen LogP) is 4.65. The molecule has 1 aliphatic heterocycles. The van der Waals surface area contributed by atoms with Gasteiger partial charge in [-0.05, 0) is 18.1 Å². The Morgan fingerprint density at radius 3 is 1.96 bits per heavy atom. The van der Waals surface area contributed by atoms with E-state index in [1.54, 1.807) is 0 Å². The molecule has 144 valence electrons. The first-order valence-corrected chi connectivity index (χ1v) is 10.6. The number of benzene rings is 2. The monoisotopic (exact) mass is 411 g/mol. The number of hydrogen-bond acceptors (Lipinski definition) is 4. The first-order chi connectivity index (χ1) is 13.6. The van der Waals surface area contributed by atoms with E-state index in [0.29, 0.717) is 23.3 Å². The van der Waals surface area contributed by atoms with Gasteiger partial charge in [0.1, 0.15) is 5.69 Å². The summed E-state index contributed by atoms with van der Waals surface area (Å²) in [4.78, 5) is 22.3. The van der Waals surface area contributed by atoms with E-state index in [0.717, 1.165) is 18.0 Å². The zero-order valence-electron chi connectivity index (χ0n) is 15.7. The number of aromatic nitrogens is 1. The summed E-state index contributed by atoms with van der Waals surface area (Å²) in [6.07, 6.45) is 0. The number of carbonyl (C=O) groups is 1. The van der Waals surface area contributed by atoms with Gasteiger partial charge in [0.05, 0.1) is 6.04 Å². The second-order valence-corrected chi connectivity index (χ2v) is 8.71. The fraction of sp³-hybridized carbons (Fsp3) is 0.273. The molecular formula is C22H22ClN3OS. The number of rotatable bonds is 4. The van der Waals surface area contributed by atoms with Crippen molar-refractivity contribution in [2.75, 3.05) is 26.2 Å². The SMILES string of the molecule is Cc1sc(Cl)nc1C(=O)N1CCN(C(c2ccccc2)c2ccccc2)CC1. The van der Waals surface area contributed by atoms with Crippen LogP contribution in [0.2, 0.25) is 4.47 Å². The van der Waals surface area contributed by atoms with Crippen molar-refractivity contribution in [3.05, 3.63) is 86.8 Å². The zero-order valence-corrected chi connectivity index (χ0v) is 17.3. The maximum absolute atomic E-state index is 12.8. The standard InChI is InChI=1S/C22H22ClN3OS/c1-16-19(24-22(23)28-16)21(27)26-14-12-25(13-15-26)20(17-8-4-2-5-9-17)18-10-6-3-7-11-18/h2-11,20H,12-15H2,1H3. The van der Waals surface area contributed by atoms with Crippen molar-refractivity contribution in [3.8, 4) is 0 Å². The number of hydrogen-bond donors (Lipinski definition) is 0. The van der Waals surface area contributed by atoms with Crippen LogP contribution < -0.4 is 0 Å². The van der Waals surface area contributed by atoms with Gasteiger partial charge in [0.15, 0.2) is 4.47 Å². The Kier molecular flexibility index (Phi) is 5.76. The molecule has 0 N–H and O–H groups in total. The molecule has 1 saturated heterocycles. The molecule has 0 atom stereocenters. The Morgan fingerprint density at radius 2 is 1.50 bits per heavy atom. The fourth-order valence-corrected chi connectivity index (χ4v) is 4.83. The second-order valence-electron chi connectivity index (χ2n) is 6.92. The van der Waals surface area contributed by atoms with Crippen molar-refractivity contribution in [2.24, 2.45) is 0 Å². The molecule has 0 saturated carbocycles. The van der Waals surface area contributed by atoms with Crippen LogP contribution in [0.4, 0.5) is 0 Å². The third-order valence-corrected chi connectivity index (χ3v) is 6.25. The average Bonchev–Trinajstić information content (AvgIpc) is 3.08. The molecule has 1 aromatic heterocycles. The molecule has 0 radical (unpaired) electrons. The molecule has 0 spiro atoms. The lowest BCUT2D eigenvalue weighted by molar-refractivity contribution is 0.0592. The summed E-state index contributed by atoms with van der Waals surface area (Å²) in [7, 11) is 0. The smallest absolute Gasteiger partial charge is 0.273 e. The van der Waals surface area contributed by atoms with Crippen molar-refractivity contribution >= 4 is 28.8 Å². The first kappa shape index (κ1) is 19.1. The molecule has 4 nitrogen and oxygen atoms in total. The van der Waals surface area contributed by atoms with Gasteiger partial charge < -0.3 is 4.90 Å². The number of carbonyl (C=O) groups excluding carboxylic acids is 1. The molecular weight excluding hydrogens is 390 g/mol. The van der Waals surface area contributed by atoms with Gasteiger partial charge in [-0.25, -0.2) is 4.98 Å². The highest BCUT2D eigenvalue weighted by Crippen LogP contribution is 2.30. The van der Waals surface area contributed by atoms with Gasteiger partial charge in [0.2, 0.25) is 0 Å². The van der Waals surface area contributed by atoms with Crippen LogP contribution in [0.1, 0.15) is 32.5 Å². The minimum Gasteiger partial charge on any atom is -0.335 e. The third kappa shape index (κ3) is 3.97. The van der Waals surface area contributed by atoms with Gasteiger partial charge in [-0.1, -0.05) is 72.3 Å². The number of halogens is 1. The number of thiazole rings is 1. The molecule has 1 aliphatic rings. The molecule has 0 aliphatic carbocycles. The van der Waals surface area contributed by atoms with Gasteiger partial charge in [0, 0.05) is 31.1 Å². The molecule has 3 aromatic rings. The summed E-state index contributed by atoms with van der Waals surface area (Å²) in [5.41, 5.74) is 3.04. The number of nitrogens with zero attached hydrogens (tertiary/aromatic N) is 3. The highest BCUT2D eigenvalue weighted by atomic mass is 35.5. The third-order valence-electron chi connectivity index (χ3n) is 5.17. The van der Waals surface area contributed by atoms with E-state index < -0.39 is 0 Å². The van der Waals surface area contributed by atoms with E-state index in [-0.39, 0.29) is 11.9 Å². The van der Waals surface area contributed by atoms with Gasteiger partial charge in [-0.15, -0.1) is 11.3 Å². The minimum absolute atomic E-state index is 0.0173. The Hall–Kier alpha value is -2.21. The summed E-state index contributed by atoms with van der Waals surface area (Å²) >= 11 is 7.34. The lowest BCUT2D eigenvalue weighted by Crippen LogP contribution is -2.50.